The Kier molecular flexibility index (Phi) is 4.38. The SMILES string of the molecule is CCOC(=O)c1c(OC)ccc(C#N)c1C(F)(F)F. The van der Waals surface area contributed by atoms with Crippen molar-refractivity contribution >= 4 is 5.97 Å². The molecule has 19 heavy (non-hydrogen) atoms. The van der Waals surface area contributed by atoms with E-state index in [1.165, 1.54) is 13.0 Å². The van der Waals surface area contributed by atoms with Gasteiger partial charge < -0.3 is 9.47 Å². The standard InChI is InChI=1S/C12H10F3NO3/c1-3-19-11(17)9-8(18-2)5-4-7(6-16)10(9)12(13,14)15/h4-5H,3H2,1-2H3. The molecule has 0 saturated carbocycles. The molecule has 0 heterocycles. The van der Waals surface area contributed by atoms with Gasteiger partial charge >= 0.3 is 12.1 Å². The van der Waals surface area contributed by atoms with Crippen molar-refractivity contribution in [2.75, 3.05) is 13.7 Å². The van der Waals surface area contributed by atoms with Gasteiger partial charge in [0.1, 0.15) is 11.3 Å². The molecule has 0 spiro atoms. The number of halogens is 3. The summed E-state index contributed by atoms with van der Waals surface area (Å²) in [6.07, 6.45) is -4.86. The Morgan fingerprint density at radius 3 is 2.47 bits per heavy atom. The van der Waals surface area contributed by atoms with Crippen molar-refractivity contribution in [1.82, 2.24) is 0 Å². The Morgan fingerprint density at radius 1 is 1.42 bits per heavy atom. The fraction of sp³-hybridized carbons (Fsp3) is 0.333. The van der Waals surface area contributed by atoms with Gasteiger partial charge in [-0.3, -0.25) is 0 Å². The molecule has 1 rings (SSSR count). The summed E-state index contributed by atoms with van der Waals surface area (Å²) in [6, 6.07) is 3.48. The zero-order chi connectivity index (χ0) is 14.6. The lowest BCUT2D eigenvalue weighted by molar-refractivity contribution is -0.138. The normalized spacial score (nSPS) is 10.7. The van der Waals surface area contributed by atoms with E-state index in [9.17, 15) is 18.0 Å². The lowest BCUT2D eigenvalue weighted by Gasteiger charge is -2.16. The molecule has 0 bridgehead atoms. The lowest BCUT2D eigenvalue weighted by atomic mass is 10.00. The summed E-state index contributed by atoms with van der Waals surface area (Å²) in [6.45, 7) is 1.38. The van der Waals surface area contributed by atoms with Crippen LogP contribution in [-0.2, 0) is 10.9 Å². The van der Waals surface area contributed by atoms with Crippen LogP contribution >= 0.6 is 0 Å². The molecule has 0 amide bonds. The molecular formula is C12H10F3NO3. The van der Waals surface area contributed by atoms with Gasteiger partial charge in [-0.05, 0) is 19.1 Å². The second kappa shape index (κ2) is 5.61. The van der Waals surface area contributed by atoms with Crippen molar-refractivity contribution in [2.45, 2.75) is 13.1 Å². The Labute approximate surface area is 107 Å². The topological polar surface area (TPSA) is 59.3 Å². The fourth-order valence-electron chi connectivity index (χ4n) is 1.55. The third kappa shape index (κ3) is 2.96. The first-order valence-electron chi connectivity index (χ1n) is 5.22. The maximum absolute atomic E-state index is 13.0. The molecule has 0 saturated heterocycles. The number of methoxy groups -OCH3 is 1. The second-order valence-electron chi connectivity index (χ2n) is 3.40. The molecule has 0 aromatic heterocycles. The molecule has 1 aromatic carbocycles. The molecule has 0 unspecified atom stereocenters. The van der Waals surface area contributed by atoms with Crippen LogP contribution in [0.4, 0.5) is 13.2 Å². The number of nitriles is 1. The highest BCUT2D eigenvalue weighted by Gasteiger charge is 2.40. The molecule has 1 aromatic rings. The minimum atomic E-state index is -4.86. The van der Waals surface area contributed by atoms with Gasteiger partial charge in [-0.1, -0.05) is 0 Å². The first-order valence-corrected chi connectivity index (χ1v) is 5.22. The van der Waals surface area contributed by atoms with Crippen LogP contribution in [0.5, 0.6) is 5.75 Å². The van der Waals surface area contributed by atoms with Gasteiger partial charge in [0, 0.05) is 0 Å². The van der Waals surface area contributed by atoms with Crippen molar-refractivity contribution in [3.8, 4) is 11.8 Å². The van der Waals surface area contributed by atoms with E-state index in [1.54, 1.807) is 0 Å². The smallest absolute Gasteiger partial charge is 0.418 e. The monoisotopic (exact) mass is 273 g/mol. The highest BCUT2D eigenvalue weighted by Crippen LogP contribution is 2.38. The molecule has 0 aliphatic heterocycles. The first-order chi connectivity index (χ1) is 8.86. The second-order valence-corrected chi connectivity index (χ2v) is 3.40. The van der Waals surface area contributed by atoms with E-state index < -0.39 is 28.8 Å². The average Bonchev–Trinajstić information content (AvgIpc) is 2.36. The largest absolute Gasteiger partial charge is 0.496 e. The summed E-state index contributed by atoms with van der Waals surface area (Å²) in [4.78, 5) is 11.6. The van der Waals surface area contributed by atoms with E-state index in [1.807, 2.05) is 0 Å². The Morgan fingerprint density at radius 2 is 2.05 bits per heavy atom. The van der Waals surface area contributed by atoms with Gasteiger partial charge in [0.15, 0.2) is 0 Å². The van der Waals surface area contributed by atoms with Gasteiger partial charge in [0.2, 0.25) is 0 Å². The van der Waals surface area contributed by atoms with Crippen molar-refractivity contribution in [2.24, 2.45) is 0 Å². The number of alkyl halides is 3. The maximum atomic E-state index is 13.0. The van der Waals surface area contributed by atoms with Crippen molar-refractivity contribution < 1.29 is 27.4 Å². The molecule has 0 N–H and O–H groups in total. The summed E-state index contributed by atoms with van der Waals surface area (Å²) in [5.74, 6) is -1.46. The minimum Gasteiger partial charge on any atom is -0.496 e. The van der Waals surface area contributed by atoms with Crippen molar-refractivity contribution in [3.63, 3.8) is 0 Å². The Balaban J connectivity index is 3.63. The molecule has 0 fully saturated rings. The Hall–Kier alpha value is -2.23. The summed E-state index contributed by atoms with van der Waals surface area (Å²) in [5.41, 5.74) is -2.78. The number of ether oxygens (including phenoxy) is 2. The summed E-state index contributed by atoms with van der Waals surface area (Å²) < 4.78 is 48.3. The minimum absolute atomic E-state index is 0.0872. The van der Waals surface area contributed by atoms with Crippen LogP contribution in [-0.4, -0.2) is 19.7 Å². The predicted molar refractivity (Wildman–Crippen MR) is 58.7 cm³/mol. The van der Waals surface area contributed by atoms with E-state index in [-0.39, 0.29) is 12.4 Å². The summed E-state index contributed by atoms with van der Waals surface area (Å²) in [7, 11) is 1.13. The van der Waals surface area contributed by atoms with E-state index in [4.69, 9.17) is 10.00 Å². The fourth-order valence-corrected chi connectivity index (χ4v) is 1.55. The number of benzene rings is 1. The number of hydrogen-bond donors (Lipinski definition) is 0. The van der Waals surface area contributed by atoms with Gasteiger partial charge in [0.05, 0.1) is 30.9 Å². The number of carbonyl (C=O) groups is 1. The van der Waals surface area contributed by atoms with Gasteiger partial charge in [0.25, 0.3) is 0 Å². The van der Waals surface area contributed by atoms with Crippen LogP contribution < -0.4 is 4.74 Å². The van der Waals surface area contributed by atoms with Gasteiger partial charge in [-0.2, -0.15) is 18.4 Å². The number of rotatable bonds is 3. The number of nitrogens with zero attached hydrogens (tertiary/aromatic N) is 1. The van der Waals surface area contributed by atoms with Gasteiger partial charge in [-0.25, -0.2) is 4.79 Å². The lowest BCUT2D eigenvalue weighted by Crippen LogP contribution is -2.18. The maximum Gasteiger partial charge on any atom is 0.418 e. The van der Waals surface area contributed by atoms with Crippen LogP contribution in [0.25, 0.3) is 0 Å². The molecule has 7 heteroatoms. The van der Waals surface area contributed by atoms with E-state index >= 15 is 0 Å². The zero-order valence-electron chi connectivity index (χ0n) is 10.2. The average molecular weight is 273 g/mol. The van der Waals surface area contributed by atoms with Crippen LogP contribution in [0, 0.1) is 11.3 Å². The number of carbonyl (C=O) groups excluding carboxylic acids is 1. The zero-order valence-corrected chi connectivity index (χ0v) is 10.2. The molecule has 4 nitrogen and oxygen atoms in total. The van der Waals surface area contributed by atoms with Crippen LogP contribution in [0.2, 0.25) is 0 Å². The molecule has 0 aliphatic rings. The summed E-state index contributed by atoms with van der Waals surface area (Å²) >= 11 is 0. The third-order valence-electron chi connectivity index (χ3n) is 2.27. The van der Waals surface area contributed by atoms with E-state index in [0.717, 1.165) is 19.2 Å². The number of hydrogen-bond acceptors (Lipinski definition) is 4. The predicted octanol–water partition coefficient (Wildman–Crippen LogP) is 2.76. The molecule has 0 aliphatic carbocycles. The third-order valence-corrected chi connectivity index (χ3v) is 2.27. The van der Waals surface area contributed by atoms with E-state index in [0.29, 0.717) is 0 Å². The molecular weight excluding hydrogens is 263 g/mol. The highest BCUT2D eigenvalue weighted by atomic mass is 19.4. The van der Waals surface area contributed by atoms with Crippen LogP contribution in [0.3, 0.4) is 0 Å². The number of esters is 1. The van der Waals surface area contributed by atoms with Gasteiger partial charge in [-0.15, -0.1) is 0 Å². The van der Waals surface area contributed by atoms with E-state index in [2.05, 4.69) is 4.74 Å². The molecule has 0 radical (unpaired) electrons. The van der Waals surface area contributed by atoms with Crippen LogP contribution in [0.1, 0.15) is 28.4 Å². The highest BCUT2D eigenvalue weighted by molar-refractivity contribution is 5.95. The molecule has 102 valence electrons. The van der Waals surface area contributed by atoms with Crippen molar-refractivity contribution in [1.29, 1.82) is 5.26 Å². The Bertz CT molecular complexity index is 532. The first kappa shape index (κ1) is 14.8. The summed E-state index contributed by atoms with van der Waals surface area (Å²) in [5, 5.41) is 8.74. The van der Waals surface area contributed by atoms with Crippen LogP contribution in [0.15, 0.2) is 12.1 Å². The molecule has 0 atom stereocenters. The quantitative estimate of drug-likeness (QED) is 0.794. The van der Waals surface area contributed by atoms with Crippen molar-refractivity contribution in [3.05, 3.63) is 28.8 Å².